The minimum absolute atomic E-state index is 0.0253. The molecule has 1 amide bonds. The number of nitrogens with one attached hydrogen (secondary N) is 1. The second-order valence-electron chi connectivity index (χ2n) is 9.09. The molecule has 2 aliphatic rings. The van der Waals surface area contributed by atoms with Crippen molar-refractivity contribution in [3.8, 4) is 5.75 Å². The fraction of sp³-hybridized carbons (Fsp3) is 0.522. The van der Waals surface area contributed by atoms with Crippen molar-refractivity contribution in [2.75, 3.05) is 31.7 Å². The van der Waals surface area contributed by atoms with Gasteiger partial charge in [0.15, 0.2) is 5.65 Å². The lowest BCUT2D eigenvalue weighted by Crippen LogP contribution is -2.41. The lowest BCUT2D eigenvalue weighted by atomic mass is 10.1. The average Bonchev–Trinajstić information content (AvgIpc) is 3.32. The van der Waals surface area contributed by atoms with E-state index in [1.54, 1.807) is 25.8 Å². The Morgan fingerprint density at radius 1 is 1.35 bits per heavy atom. The number of thioether (sulfide) groups is 1. The van der Waals surface area contributed by atoms with Crippen LogP contribution in [0.25, 0.3) is 11.0 Å². The summed E-state index contributed by atoms with van der Waals surface area (Å²) in [7, 11) is 1.68. The maximum Gasteiger partial charge on any atom is 0.223 e. The molecule has 2 aliphatic heterocycles. The summed E-state index contributed by atoms with van der Waals surface area (Å²) in [4.78, 5) is 27.7. The van der Waals surface area contributed by atoms with Crippen molar-refractivity contribution in [1.82, 2.24) is 34.9 Å². The Kier molecular flexibility index (Phi) is 6.07. The number of rotatable bonds is 5. The highest BCUT2D eigenvalue weighted by Gasteiger charge is 2.33. The van der Waals surface area contributed by atoms with E-state index < -0.39 is 0 Å². The number of amides is 1. The van der Waals surface area contributed by atoms with Gasteiger partial charge in [-0.05, 0) is 20.3 Å². The van der Waals surface area contributed by atoms with Crippen LogP contribution in [0.4, 0.5) is 5.95 Å². The van der Waals surface area contributed by atoms with Gasteiger partial charge in [-0.25, -0.2) is 9.67 Å². The zero-order valence-electron chi connectivity index (χ0n) is 20.0. The normalized spacial score (nSPS) is 20.5. The van der Waals surface area contributed by atoms with Crippen LogP contribution in [0, 0.1) is 13.8 Å². The summed E-state index contributed by atoms with van der Waals surface area (Å²) in [5.41, 5.74) is 10.7. The van der Waals surface area contributed by atoms with Crippen LogP contribution in [0.15, 0.2) is 11.2 Å². The van der Waals surface area contributed by atoms with Crippen molar-refractivity contribution >= 4 is 34.7 Å². The summed E-state index contributed by atoms with van der Waals surface area (Å²) in [6.45, 7) is 7.86. The molecule has 5 heterocycles. The predicted molar refractivity (Wildman–Crippen MR) is 131 cm³/mol. The number of nitrogen functional groups attached to an aromatic ring is 1. The van der Waals surface area contributed by atoms with Gasteiger partial charge in [-0.1, -0.05) is 0 Å². The minimum atomic E-state index is 0.0253. The zero-order valence-corrected chi connectivity index (χ0v) is 20.8. The first-order valence-electron chi connectivity index (χ1n) is 11.5. The fourth-order valence-electron chi connectivity index (χ4n) is 5.07. The van der Waals surface area contributed by atoms with Crippen LogP contribution in [0.1, 0.15) is 35.9 Å². The summed E-state index contributed by atoms with van der Waals surface area (Å²) in [5.74, 6) is 2.01. The van der Waals surface area contributed by atoms with E-state index in [9.17, 15) is 4.79 Å². The van der Waals surface area contributed by atoms with E-state index in [0.717, 1.165) is 76.0 Å². The van der Waals surface area contributed by atoms with Gasteiger partial charge in [-0.2, -0.15) is 10.1 Å². The van der Waals surface area contributed by atoms with E-state index in [2.05, 4.69) is 25.2 Å². The third kappa shape index (κ3) is 4.18. The molecule has 3 aromatic heterocycles. The van der Waals surface area contributed by atoms with Gasteiger partial charge in [-0.15, -0.1) is 11.8 Å². The summed E-state index contributed by atoms with van der Waals surface area (Å²) in [6.07, 6.45) is 3.59. The molecule has 1 unspecified atom stereocenters. The van der Waals surface area contributed by atoms with Gasteiger partial charge in [0.25, 0.3) is 0 Å². The third-order valence-electron chi connectivity index (χ3n) is 6.68. The number of likely N-dealkylation sites (tertiary alicyclic amines) is 1. The molecule has 0 saturated carbocycles. The highest BCUT2D eigenvalue weighted by Crippen LogP contribution is 2.36. The highest BCUT2D eigenvalue weighted by atomic mass is 32.2. The van der Waals surface area contributed by atoms with Gasteiger partial charge >= 0.3 is 0 Å². The Bertz CT molecular complexity index is 1260. The quantitative estimate of drug-likeness (QED) is 0.523. The molecule has 0 radical (unpaired) electrons. The number of nitrogens with zero attached hydrogens (tertiary/aromatic N) is 6. The first-order chi connectivity index (χ1) is 16.3. The molecule has 1 fully saturated rings. The number of ether oxygens (including phenoxy) is 1. The van der Waals surface area contributed by atoms with Crippen molar-refractivity contribution < 1.29 is 9.53 Å². The number of carbonyl (C=O) groups excluding carboxylic acids is 1. The van der Waals surface area contributed by atoms with Crippen LogP contribution < -0.4 is 15.8 Å². The molecule has 34 heavy (non-hydrogen) atoms. The first-order valence-corrected chi connectivity index (χ1v) is 12.5. The Hall–Kier alpha value is -2.92. The van der Waals surface area contributed by atoms with Crippen molar-refractivity contribution in [2.24, 2.45) is 0 Å². The SMILES string of the molecule is COc1c(C)cnc(Cn2nc3c4c(nc(N)nc42)SCC(N2CC[C@H](NC(C)=O)C2)C3)c1C. The molecule has 11 heteroatoms. The van der Waals surface area contributed by atoms with Gasteiger partial charge in [-0.3, -0.25) is 14.7 Å². The van der Waals surface area contributed by atoms with Crippen molar-refractivity contribution in [2.45, 2.75) is 57.3 Å². The first kappa shape index (κ1) is 22.9. The third-order valence-corrected chi connectivity index (χ3v) is 7.80. The molecule has 1 saturated heterocycles. The zero-order chi connectivity index (χ0) is 24.0. The van der Waals surface area contributed by atoms with E-state index >= 15 is 0 Å². The summed E-state index contributed by atoms with van der Waals surface area (Å²) in [5, 5.41) is 9.92. The lowest BCUT2D eigenvalue weighted by Gasteiger charge is -2.26. The number of pyridine rings is 1. The maximum atomic E-state index is 11.5. The predicted octanol–water partition coefficient (Wildman–Crippen LogP) is 1.70. The summed E-state index contributed by atoms with van der Waals surface area (Å²) < 4.78 is 7.48. The highest BCUT2D eigenvalue weighted by molar-refractivity contribution is 7.99. The topological polar surface area (TPSA) is 124 Å². The van der Waals surface area contributed by atoms with E-state index in [-0.39, 0.29) is 17.9 Å². The van der Waals surface area contributed by atoms with Crippen molar-refractivity contribution in [1.29, 1.82) is 0 Å². The van der Waals surface area contributed by atoms with E-state index in [0.29, 0.717) is 12.6 Å². The molecule has 0 spiro atoms. The van der Waals surface area contributed by atoms with Crippen molar-refractivity contribution in [3.63, 3.8) is 0 Å². The second kappa shape index (κ2) is 9.03. The van der Waals surface area contributed by atoms with Gasteiger partial charge in [0.2, 0.25) is 11.9 Å². The number of carbonyl (C=O) groups is 1. The number of aromatic nitrogens is 5. The molecular weight excluding hydrogens is 452 g/mol. The second-order valence-corrected chi connectivity index (χ2v) is 10.1. The number of anilines is 1. The Morgan fingerprint density at radius 2 is 2.18 bits per heavy atom. The molecule has 3 aromatic rings. The molecule has 0 aliphatic carbocycles. The van der Waals surface area contributed by atoms with Crippen LogP contribution in [-0.4, -0.2) is 73.6 Å². The van der Waals surface area contributed by atoms with E-state index in [4.69, 9.17) is 15.6 Å². The molecule has 5 rings (SSSR count). The fourth-order valence-corrected chi connectivity index (χ4v) is 6.26. The van der Waals surface area contributed by atoms with E-state index in [1.165, 1.54) is 0 Å². The Balaban J connectivity index is 1.47. The largest absolute Gasteiger partial charge is 0.496 e. The van der Waals surface area contributed by atoms with Gasteiger partial charge in [0.05, 0.1) is 30.4 Å². The number of aryl methyl sites for hydroxylation is 1. The molecule has 2 atom stereocenters. The summed E-state index contributed by atoms with van der Waals surface area (Å²) in [6, 6.07) is 0.497. The van der Waals surface area contributed by atoms with Crippen LogP contribution >= 0.6 is 11.8 Å². The van der Waals surface area contributed by atoms with Gasteiger partial charge in [0, 0.05) is 61.6 Å². The summed E-state index contributed by atoms with van der Waals surface area (Å²) >= 11 is 1.71. The number of methoxy groups -OCH3 is 1. The van der Waals surface area contributed by atoms with Gasteiger partial charge in [0.1, 0.15) is 10.8 Å². The van der Waals surface area contributed by atoms with Crippen LogP contribution in [0.3, 0.4) is 0 Å². The average molecular weight is 483 g/mol. The Labute approximate surface area is 202 Å². The monoisotopic (exact) mass is 482 g/mol. The molecule has 0 aromatic carbocycles. The number of hydrogen-bond acceptors (Lipinski definition) is 9. The smallest absolute Gasteiger partial charge is 0.223 e. The molecule has 180 valence electrons. The van der Waals surface area contributed by atoms with E-state index in [1.807, 2.05) is 24.7 Å². The van der Waals surface area contributed by atoms with Gasteiger partial charge < -0.3 is 15.8 Å². The lowest BCUT2D eigenvalue weighted by molar-refractivity contribution is -0.119. The molecular formula is C23H30N8O2S. The van der Waals surface area contributed by atoms with Crippen LogP contribution in [0.5, 0.6) is 5.75 Å². The number of hydrogen-bond donors (Lipinski definition) is 2. The molecule has 3 N–H and O–H groups in total. The molecule has 0 bridgehead atoms. The standard InChI is InChI=1S/C23H30N8O2S/c1-12-8-25-18(13(2)20(12)33-4)10-31-21-19-17(29-31)7-16(11-34-22(19)28-23(24)27-21)30-6-5-15(9-30)26-14(3)32/h8,15-16H,5-7,9-11H2,1-4H3,(H,26,32)(H2,24,27,28)/t15-,16?/m0/s1. The maximum absolute atomic E-state index is 11.5. The Morgan fingerprint density at radius 3 is 2.94 bits per heavy atom. The van der Waals surface area contributed by atoms with Crippen LogP contribution in [0.2, 0.25) is 0 Å². The van der Waals surface area contributed by atoms with Crippen molar-refractivity contribution in [3.05, 3.63) is 28.7 Å². The number of nitrogens with two attached hydrogens (primary N) is 1. The van der Waals surface area contributed by atoms with Crippen LogP contribution in [-0.2, 0) is 17.8 Å². The minimum Gasteiger partial charge on any atom is -0.496 e. The molecule has 10 nitrogen and oxygen atoms in total.